The summed E-state index contributed by atoms with van der Waals surface area (Å²) >= 11 is 9.63. The van der Waals surface area contributed by atoms with E-state index < -0.39 is 15.9 Å². The fourth-order valence-corrected chi connectivity index (χ4v) is 5.68. The van der Waals surface area contributed by atoms with Crippen LogP contribution in [0.1, 0.15) is 11.1 Å². The van der Waals surface area contributed by atoms with Crippen molar-refractivity contribution in [2.24, 2.45) is 5.73 Å². The SMILES string of the molecule is Cc1ccc(S(=O)(=O)n2c3ccc(Cl)cc3c3ccc(Br)c(CC(N)=O)c32)cc1. The van der Waals surface area contributed by atoms with Gasteiger partial charge in [0.25, 0.3) is 10.0 Å². The molecule has 148 valence electrons. The highest BCUT2D eigenvalue weighted by atomic mass is 79.9. The van der Waals surface area contributed by atoms with Crippen molar-refractivity contribution in [1.82, 2.24) is 3.97 Å². The molecule has 4 aromatic rings. The van der Waals surface area contributed by atoms with Crippen molar-refractivity contribution in [2.75, 3.05) is 0 Å². The van der Waals surface area contributed by atoms with Crippen LogP contribution < -0.4 is 5.73 Å². The Morgan fingerprint density at radius 2 is 1.76 bits per heavy atom. The molecule has 0 aliphatic heterocycles. The lowest BCUT2D eigenvalue weighted by Gasteiger charge is -2.13. The zero-order valence-corrected chi connectivity index (χ0v) is 18.5. The molecule has 0 unspecified atom stereocenters. The molecule has 0 saturated carbocycles. The van der Waals surface area contributed by atoms with Gasteiger partial charge in [0.05, 0.1) is 22.3 Å². The maximum atomic E-state index is 13.7. The van der Waals surface area contributed by atoms with E-state index in [1.54, 1.807) is 48.5 Å². The topological polar surface area (TPSA) is 82.2 Å². The second kappa shape index (κ2) is 7.16. The molecule has 0 fully saturated rings. The first kappa shape index (κ1) is 19.9. The van der Waals surface area contributed by atoms with Crippen LogP contribution in [0.25, 0.3) is 21.8 Å². The van der Waals surface area contributed by atoms with Gasteiger partial charge in [0.15, 0.2) is 0 Å². The number of primary amides is 1. The summed E-state index contributed by atoms with van der Waals surface area (Å²) in [4.78, 5) is 11.9. The van der Waals surface area contributed by atoms with E-state index >= 15 is 0 Å². The second-order valence-corrected chi connectivity index (χ2v) is 9.89. The number of benzene rings is 3. The maximum Gasteiger partial charge on any atom is 0.268 e. The summed E-state index contributed by atoms with van der Waals surface area (Å²) in [5, 5.41) is 1.85. The molecule has 0 atom stereocenters. The maximum absolute atomic E-state index is 13.7. The molecule has 8 heteroatoms. The van der Waals surface area contributed by atoms with Gasteiger partial charge in [0.2, 0.25) is 5.91 Å². The van der Waals surface area contributed by atoms with Crippen LogP contribution in [0.2, 0.25) is 5.02 Å². The number of hydrogen-bond donors (Lipinski definition) is 1. The summed E-state index contributed by atoms with van der Waals surface area (Å²) in [5.41, 5.74) is 7.81. The Hall–Kier alpha value is -2.35. The number of nitrogens with two attached hydrogens (primary N) is 1. The van der Waals surface area contributed by atoms with Crippen LogP contribution in [0.15, 0.2) is 64.0 Å². The monoisotopic (exact) mass is 490 g/mol. The summed E-state index contributed by atoms with van der Waals surface area (Å²) in [6, 6.07) is 15.3. The van der Waals surface area contributed by atoms with Crippen molar-refractivity contribution in [1.29, 1.82) is 0 Å². The Morgan fingerprint density at radius 3 is 2.41 bits per heavy atom. The van der Waals surface area contributed by atoms with E-state index in [1.165, 1.54) is 3.97 Å². The number of amides is 1. The molecule has 4 rings (SSSR count). The molecular formula is C21H16BrClN2O3S. The zero-order valence-electron chi connectivity index (χ0n) is 15.3. The number of halogens is 2. The van der Waals surface area contributed by atoms with E-state index in [1.807, 2.05) is 13.0 Å². The first-order valence-electron chi connectivity index (χ1n) is 8.72. The average Bonchev–Trinajstić information content (AvgIpc) is 2.98. The molecule has 3 aromatic carbocycles. The molecule has 29 heavy (non-hydrogen) atoms. The zero-order chi connectivity index (χ0) is 20.9. The van der Waals surface area contributed by atoms with Gasteiger partial charge in [-0.25, -0.2) is 12.4 Å². The molecule has 1 amide bonds. The van der Waals surface area contributed by atoms with Gasteiger partial charge in [-0.1, -0.05) is 51.3 Å². The summed E-state index contributed by atoms with van der Waals surface area (Å²) in [6.45, 7) is 1.89. The standard InChI is InChI=1S/C21H16BrClN2O3S/c1-12-2-5-14(6-3-12)29(27,28)25-19-9-4-13(23)10-16(19)15-7-8-18(22)17(21(15)25)11-20(24)26/h2-10H,11H2,1H3,(H2,24,26). The Morgan fingerprint density at radius 1 is 1.07 bits per heavy atom. The molecule has 1 heterocycles. The van der Waals surface area contributed by atoms with Gasteiger partial charge in [0.1, 0.15) is 0 Å². The molecule has 2 N–H and O–H groups in total. The van der Waals surface area contributed by atoms with Crippen LogP contribution in [0.5, 0.6) is 0 Å². The minimum atomic E-state index is -3.95. The second-order valence-electron chi connectivity index (χ2n) is 6.81. The first-order chi connectivity index (χ1) is 13.7. The lowest BCUT2D eigenvalue weighted by molar-refractivity contribution is -0.117. The quantitative estimate of drug-likeness (QED) is 0.446. The molecule has 0 radical (unpaired) electrons. The summed E-state index contributed by atoms with van der Waals surface area (Å²) in [5.74, 6) is -0.555. The third kappa shape index (κ3) is 3.33. The highest BCUT2D eigenvalue weighted by molar-refractivity contribution is 9.10. The smallest absolute Gasteiger partial charge is 0.268 e. The van der Waals surface area contributed by atoms with Gasteiger partial charge in [-0.15, -0.1) is 0 Å². The number of rotatable bonds is 4. The van der Waals surface area contributed by atoms with Crippen molar-refractivity contribution >= 4 is 65.3 Å². The molecule has 1 aromatic heterocycles. The van der Waals surface area contributed by atoms with Crippen molar-refractivity contribution in [3.05, 3.63) is 75.2 Å². The number of nitrogens with zero attached hydrogens (tertiary/aromatic N) is 1. The van der Waals surface area contributed by atoms with Crippen LogP contribution in [0.4, 0.5) is 0 Å². The highest BCUT2D eigenvalue weighted by Gasteiger charge is 2.26. The van der Waals surface area contributed by atoms with Gasteiger partial charge in [-0.2, -0.15) is 0 Å². The number of fused-ring (bicyclic) bond motifs is 3. The van der Waals surface area contributed by atoms with E-state index in [0.29, 0.717) is 36.9 Å². The van der Waals surface area contributed by atoms with E-state index in [4.69, 9.17) is 17.3 Å². The van der Waals surface area contributed by atoms with Crippen molar-refractivity contribution in [3.63, 3.8) is 0 Å². The average molecular weight is 492 g/mol. The van der Waals surface area contributed by atoms with E-state index in [0.717, 1.165) is 5.56 Å². The first-order valence-corrected chi connectivity index (χ1v) is 11.3. The van der Waals surface area contributed by atoms with Gasteiger partial charge in [-0.05, 0) is 43.3 Å². The Bertz CT molecular complexity index is 1390. The lowest BCUT2D eigenvalue weighted by Crippen LogP contribution is -2.17. The van der Waals surface area contributed by atoms with Crippen LogP contribution in [0, 0.1) is 6.92 Å². The fourth-order valence-electron chi connectivity index (χ4n) is 3.49. The van der Waals surface area contributed by atoms with E-state index in [9.17, 15) is 13.2 Å². The van der Waals surface area contributed by atoms with Crippen molar-refractivity contribution in [2.45, 2.75) is 18.2 Å². The fraction of sp³-hybridized carbons (Fsp3) is 0.0952. The van der Waals surface area contributed by atoms with E-state index in [2.05, 4.69) is 15.9 Å². The third-order valence-electron chi connectivity index (χ3n) is 4.81. The molecule has 0 aliphatic rings. The van der Waals surface area contributed by atoms with Crippen molar-refractivity contribution in [3.8, 4) is 0 Å². The molecule has 0 bridgehead atoms. The number of hydrogen-bond acceptors (Lipinski definition) is 3. The Balaban J connectivity index is 2.20. The molecular weight excluding hydrogens is 476 g/mol. The number of aromatic nitrogens is 1. The number of carbonyl (C=O) groups excluding carboxylic acids is 1. The third-order valence-corrected chi connectivity index (χ3v) is 7.51. The molecule has 0 spiro atoms. The van der Waals surface area contributed by atoms with Crippen LogP contribution >= 0.6 is 27.5 Å². The van der Waals surface area contributed by atoms with E-state index in [-0.39, 0.29) is 11.3 Å². The molecule has 5 nitrogen and oxygen atoms in total. The predicted octanol–water partition coefficient (Wildman–Crippen LogP) is 4.78. The Labute approximate surface area is 181 Å². The normalized spacial score (nSPS) is 12.0. The van der Waals surface area contributed by atoms with Crippen LogP contribution in [-0.4, -0.2) is 18.3 Å². The van der Waals surface area contributed by atoms with Gasteiger partial charge in [0, 0.05) is 25.8 Å². The Kier molecular flexibility index (Phi) is 4.93. The van der Waals surface area contributed by atoms with Crippen LogP contribution in [-0.2, 0) is 21.2 Å². The lowest BCUT2D eigenvalue weighted by atomic mass is 10.1. The number of aryl methyl sites for hydroxylation is 1. The van der Waals surface area contributed by atoms with Gasteiger partial charge < -0.3 is 5.73 Å². The van der Waals surface area contributed by atoms with Crippen molar-refractivity contribution < 1.29 is 13.2 Å². The summed E-state index contributed by atoms with van der Waals surface area (Å²) in [6.07, 6.45) is -0.106. The molecule has 0 aliphatic carbocycles. The van der Waals surface area contributed by atoms with Gasteiger partial charge >= 0.3 is 0 Å². The number of carbonyl (C=O) groups is 1. The van der Waals surface area contributed by atoms with Crippen LogP contribution in [0.3, 0.4) is 0 Å². The summed E-state index contributed by atoms with van der Waals surface area (Å²) < 4.78 is 29.2. The summed E-state index contributed by atoms with van der Waals surface area (Å²) in [7, 11) is -3.95. The highest BCUT2D eigenvalue weighted by Crippen LogP contribution is 2.38. The predicted molar refractivity (Wildman–Crippen MR) is 119 cm³/mol. The minimum absolute atomic E-state index is 0.106. The van der Waals surface area contributed by atoms with Gasteiger partial charge in [-0.3, -0.25) is 4.79 Å². The largest absolute Gasteiger partial charge is 0.369 e. The molecule has 0 saturated heterocycles. The minimum Gasteiger partial charge on any atom is -0.369 e.